The molecular weight excluding hydrogens is 324 g/mol. The van der Waals surface area contributed by atoms with Gasteiger partial charge in [0.1, 0.15) is 5.75 Å². The van der Waals surface area contributed by atoms with Gasteiger partial charge in [-0.2, -0.15) is 0 Å². The second-order valence-corrected chi connectivity index (χ2v) is 5.90. The smallest absolute Gasteiger partial charge is 0.265 e. The second kappa shape index (κ2) is 6.97. The lowest BCUT2D eigenvalue weighted by molar-refractivity contribution is 0.102. The predicted molar refractivity (Wildman–Crippen MR) is 94.8 cm³/mol. The van der Waals surface area contributed by atoms with Gasteiger partial charge in [0.2, 0.25) is 0 Å². The third-order valence-corrected chi connectivity index (χ3v) is 4.19. The maximum absolute atomic E-state index is 12.5. The minimum Gasteiger partial charge on any atom is -0.506 e. The fourth-order valence-electron chi connectivity index (χ4n) is 2.15. The van der Waals surface area contributed by atoms with Gasteiger partial charge in [-0.1, -0.05) is 30.3 Å². The van der Waals surface area contributed by atoms with Gasteiger partial charge in [-0.3, -0.25) is 9.59 Å². The summed E-state index contributed by atoms with van der Waals surface area (Å²) in [4.78, 5) is 25.2. The highest BCUT2D eigenvalue weighted by molar-refractivity contribution is 7.12. The third-order valence-electron chi connectivity index (χ3n) is 3.32. The Morgan fingerprint density at radius 1 is 0.792 bits per heavy atom. The van der Waals surface area contributed by atoms with E-state index in [1.807, 2.05) is 5.38 Å². The van der Waals surface area contributed by atoms with Crippen molar-refractivity contribution < 1.29 is 14.7 Å². The van der Waals surface area contributed by atoms with Crippen LogP contribution >= 0.6 is 11.3 Å². The van der Waals surface area contributed by atoms with Crippen molar-refractivity contribution in [1.29, 1.82) is 0 Å². The molecule has 0 bridgehead atoms. The van der Waals surface area contributed by atoms with Gasteiger partial charge in [0.15, 0.2) is 0 Å². The third kappa shape index (κ3) is 3.44. The van der Waals surface area contributed by atoms with Crippen molar-refractivity contribution in [1.82, 2.24) is 0 Å². The molecule has 0 atom stereocenters. The first-order chi connectivity index (χ1) is 11.6. The topological polar surface area (TPSA) is 78.4 Å². The van der Waals surface area contributed by atoms with Gasteiger partial charge in [-0.15, -0.1) is 11.3 Å². The SMILES string of the molecule is O=C(Nc1ccccc1C(=O)Nc1ccccc1O)c1cccs1. The number of phenols is 1. The van der Waals surface area contributed by atoms with E-state index in [0.29, 0.717) is 21.8 Å². The van der Waals surface area contributed by atoms with Gasteiger partial charge in [-0.05, 0) is 35.7 Å². The highest BCUT2D eigenvalue weighted by Gasteiger charge is 2.15. The van der Waals surface area contributed by atoms with Crippen LogP contribution in [0.25, 0.3) is 0 Å². The van der Waals surface area contributed by atoms with E-state index < -0.39 is 5.91 Å². The van der Waals surface area contributed by atoms with Crippen LogP contribution in [-0.2, 0) is 0 Å². The number of hydrogen-bond donors (Lipinski definition) is 3. The lowest BCUT2D eigenvalue weighted by atomic mass is 10.1. The second-order valence-electron chi connectivity index (χ2n) is 4.95. The summed E-state index contributed by atoms with van der Waals surface area (Å²) in [5.74, 6) is -0.711. The molecule has 3 rings (SSSR count). The van der Waals surface area contributed by atoms with Crippen LogP contribution in [0.2, 0.25) is 0 Å². The first-order valence-electron chi connectivity index (χ1n) is 7.18. The van der Waals surface area contributed by atoms with Crippen LogP contribution in [0, 0.1) is 0 Å². The van der Waals surface area contributed by atoms with Crippen molar-refractivity contribution in [2.75, 3.05) is 10.6 Å². The first kappa shape index (κ1) is 15.8. The van der Waals surface area contributed by atoms with E-state index in [9.17, 15) is 14.7 Å². The zero-order valence-corrected chi connectivity index (χ0v) is 13.3. The quantitative estimate of drug-likeness (QED) is 0.630. The summed E-state index contributed by atoms with van der Waals surface area (Å²) in [6.45, 7) is 0. The largest absolute Gasteiger partial charge is 0.506 e. The van der Waals surface area contributed by atoms with Crippen molar-refractivity contribution in [2.45, 2.75) is 0 Å². The van der Waals surface area contributed by atoms with Gasteiger partial charge < -0.3 is 15.7 Å². The van der Waals surface area contributed by atoms with Crippen molar-refractivity contribution in [2.24, 2.45) is 0 Å². The van der Waals surface area contributed by atoms with Gasteiger partial charge in [-0.25, -0.2) is 0 Å². The molecule has 0 unspecified atom stereocenters. The molecule has 3 aromatic rings. The van der Waals surface area contributed by atoms with E-state index in [2.05, 4.69) is 10.6 Å². The molecule has 0 aliphatic rings. The lowest BCUT2D eigenvalue weighted by Gasteiger charge is -2.11. The number of carbonyl (C=O) groups is 2. The number of carbonyl (C=O) groups excluding carboxylic acids is 2. The van der Waals surface area contributed by atoms with Crippen LogP contribution < -0.4 is 10.6 Å². The standard InChI is InChI=1S/C18H14N2O3S/c21-15-9-4-3-8-14(15)20-17(22)12-6-1-2-7-13(12)19-18(23)16-10-5-11-24-16/h1-11,21H,(H,19,23)(H,20,22). The molecule has 3 N–H and O–H groups in total. The molecule has 0 fully saturated rings. The number of phenolic OH excluding ortho intramolecular Hbond substituents is 1. The molecule has 2 aromatic carbocycles. The van der Waals surface area contributed by atoms with E-state index in [4.69, 9.17) is 0 Å². The van der Waals surface area contributed by atoms with E-state index >= 15 is 0 Å². The number of para-hydroxylation sites is 3. The monoisotopic (exact) mass is 338 g/mol. The van der Waals surface area contributed by atoms with Crippen LogP contribution in [0.5, 0.6) is 5.75 Å². The molecule has 0 radical (unpaired) electrons. The van der Waals surface area contributed by atoms with E-state index in [-0.39, 0.29) is 11.7 Å². The molecule has 5 nitrogen and oxygen atoms in total. The fourth-order valence-corrected chi connectivity index (χ4v) is 2.77. The molecule has 120 valence electrons. The maximum Gasteiger partial charge on any atom is 0.265 e. The molecule has 0 saturated heterocycles. The summed E-state index contributed by atoms with van der Waals surface area (Å²) in [6.07, 6.45) is 0. The summed E-state index contributed by atoms with van der Waals surface area (Å²) < 4.78 is 0. The lowest BCUT2D eigenvalue weighted by Crippen LogP contribution is -2.17. The Morgan fingerprint density at radius 2 is 1.46 bits per heavy atom. The Kier molecular flexibility index (Phi) is 4.58. The zero-order chi connectivity index (χ0) is 16.9. The molecule has 6 heteroatoms. The summed E-state index contributed by atoms with van der Waals surface area (Å²) >= 11 is 1.32. The molecule has 1 aromatic heterocycles. The number of aromatic hydroxyl groups is 1. The average molecular weight is 338 g/mol. The number of rotatable bonds is 4. The first-order valence-corrected chi connectivity index (χ1v) is 8.06. The van der Waals surface area contributed by atoms with Crippen molar-refractivity contribution >= 4 is 34.5 Å². The Hall–Kier alpha value is -3.12. The summed E-state index contributed by atoms with van der Waals surface area (Å²) in [6, 6.07) is 16.7. The highest BCUT2D eigenvalue weighted by Crippen LogP contribution is 2.24. The Morgan fingerprint density at radius 3 is 2.17 bits per heavy atom. The van der Waals surface area contributed by atoms with Gasteiger partial charge >= 0.3 is 0 Å². The summed E-state index contributed by atoms with van der Waals surface area (Å²) in [5, 5.41) is 17.0. The number of benzene rings is 2. The molecule has 0 aliphatic carbocycles. The Balaban J connectivity index is 1.82. The number of anilines is 2. The number of amides is 2. The van der Waals surface area contributed by atoms with E-state index in [1.165, 1.54) is 17.4 Å². The molecule has 0 spiro atoms. The van der Waals surface area contributed by atoms with Crippen LogP contribution in [0.1, 0.15) is 20.0 Å². The molecule has 2 amide bonds. The van der Waals surface area contributed by atoms with Crippen molar-refractivity contribution in [3.63, 3.8) is 0 Å². The number of hydrogen-bond acceptors (Lipinski definition) is 4. The number of thiophene rings is 1. The molecule has 0 aliphatic heterocycles. The van der Waals surface area contributed by atoms with Gasteiger partial charge in [0.05, 0.1) is 21.8 Å². The fraction of sp³-hybridized carbons (Fsp3) is 0. The van der Waals surface area contributed by atoms with Gasteiger partial charge in [0.25, 0.3) is 11.8 Å². The van der Waals surface area contributed by atoms with Crippen LogP contribution in [0.4, 0.5) is 11.4 Å². The van der Waals surface area contributed by atoms with Crippen LogP contribution in [-0.4, -0.2) is 16.9 Å². The normalized spacial score (nSPS) is 10.2. The minimum atomic E-state index is -0.418. The van der Waals surface area contributed by atoms with Crippen LogP contribution in [0.3, 0.4) is 0 Å². The van der Waals surface area contributed by atoms with E-state index in [1.54, 1.807) is 54.6 Å². The highest BCUT2D eigenvalue weighted by atomic mass is 32.1. The number of nitrogens with one attached hydrogen (secondary N) is 2. The van der Waals surface area contributed by atoms with Gasteiger partial charge in [0, 0.05) is 0 Å². The summed E-state index contributed by atoms with van der Waals surface area (Å²) in [5.41, 5.74) is 1.02. The Bertz CT molecular complexity index is 875. The summed E-state index contributed by atoms with van der Waals surface area (Å²) in [7, 11) is 0. The van der Waals surface area contributed by atoms with Crippen molar-refractivity contribution in [3.05, 3.63) is 76.5 Å². The minimum absolute atomic E-state index is 0.0223. The van der Waals surface area contributed by atoms with Crippen LogP contribution in [0.15, 0.2) is 66.0 Å². The molecule has 24 heavy (non-hydrogen) atoms. The Labute approximate surface area is 142 Å². The molecule has 1 heterocycles. The predicted octanol–water partition coefficient (Wildman–Crippen LogP) is 3.96. The average Bonchev–Trinajstić information content (AvgIpc) is 3.12. The van der Waals surface area contributed by atoms with Crippen molar-refractivity contribution in [3.8, 4) is 5.75 Å². The van der Waals surface area contributed by atoms with E-state index in [0.717, 1.165) is 0 Å². The zero-order valence-electron chi connectivity index (χ0n) is 12.5. The molecule has 0 saturated carbocycles. The molecular formula is C18H14N2O3S. The maximum atomic E-state index is 12.5.